The van der Waals surface area contributed by atoms with Crippen LogP contribution in [0, 0.1) is 11.3 Å². The van der Waals surface area contributed by atoms with Gasteiger partial charge in [-0.15, -0.1) is 0 Å². The quantitative estimate of drug-likeness (QED) is 0.311. The van der Waals surface area contributed by atoms with E-state index >= 15 is 0 Å². The van der Waals surface area contributed by atoms with Crippen molar-refractivity contribution < 1.29 is 14.6 Å². The van der Waals surface area contributed by atoms with Gasteiger partial charge < -0.3 is 15.2 Å². The fraction of sp³-hybridized carbons (Fsp3) is 0.464. The largest absolute Gasteiger partial charge is 0.489 e. The van der Waals surface area contributed by atoms with Crippen LogP contribution < -0.4 is 10.1 Å². The Balaban J connectivity index is 1.40. The molecule has 4 rings (SSSR count). The number of halogens is 2. The van der Waals surface area contributed by atoms with Crippen LogP contribution in [0.25, 0.3) is 5.03 Å². The van der Waals surface area contributed by atoms with Crippen LogP contribution in [-0.2, 0) is 17.8 Å². The van der Waals surface area contributed by atoms with Crippen LogP contribution in [-0.4, -0.2) is 51.8 Å². The van der Waals surface area contributed by atoms with E-state index in [0.717, 1.165) is 66.4 Å². The van der Waals surface area contributed by atoms with E-state index in [1.54, 1.807) is 6.20 Å². The molecule has 1 unspecified atom stereocenters. The normalized spacial score (nSPS) is 17.3. The number of aryl methyl sites for hydroxylation is 1. The van der Waals surface area contributed by atoms with E-state index < -0.39 is 5.97 Å². The first kappa shape index (κ1) is 27.4. The van der Waals surface area contributed by atoms with Crippen LogP contribution in [0.5, 0.6) is 5.75 Å². The number of anilines is 1. The van der Waals surface area contributed by atoms with Gasteiger partial charge in [0.1, 0.15) is 23.3 Å². The summed E-state index contributed by atoms with van der Waals surface area (Å²) < 4.78 is 6.06. The summed E-state index contributed by atoms with van der Waals surface area (Å²) in [5, 5.41) is 21.2. The number of nitrogens with zero attached hydrogens (tertiary/aromatic N) is 2. The molecule has 37 heavy (non-hydrogen) atoms. The number of fused-ring (bicyclic) bond motifs is 1. The lowest BCUT2D eigenvalue weighted by Gasteiger charge is -2.32. The van der Waals surface area contributed by atoms with Gasteiger partial charge in [0.2, 0.25) is 0 Å². The van der Waals surface area contributed by atoms with Crippen molar-refractivity contribution >= 4 is 45.2 Å². The van der Waals surface area contributed by atoms with Crippen LogP contribution in [0.2, 0.25) is 0 Å². The van der Waals surface area contributed by atoms with Crippen molar-refractivity contribution in [1.82, 2.24) is 9.88 Å². The highest BCUT2D eigenvalue weighted by Crippen LogP contribution is 2.37. The number of carboxylic acids is 1. The third-order valence-electron chi connectivity index (χ3n) is 7.25. The van der Waals surface area contributed by atoms with E-state index in [9.17, 15) is 9.90 Å². The zero-order valence-electron chi connectivity index (χ0n) is 21.3. The van der Waals surface area contributed by atoms with Crippen LogP contribution in [0.1, 0.15) is 61.8 Å². The van der Waals surface area contributed by atoms with Crippen molar-refractivity contribution in [3.05, 3.63) is 58.3 Å². The highest BCUT2D eigenvalue weighted by molar-refractivity contribution is 6.69. The summed E-state index contributed by atoms with van der Waals surface area (Å²) in [4.78, 5) is 18.0. The van der Waals surface area contributed by atoms with Gasteiger partial charge in [0.05, 0.1) is 11.5 Å². The zero-order chi connectivity index (χ0) is 26.5. The highest BCUT2D eigenvalue weighted by Gasteiger charge is 2.26. The number of benzene rings is 1. The maximum Gasteiger partial charge on any atom is 0.306 e. The number of nitrogens with one attached hydrogen (secondary N) is 2. The minimum Gasteiger partial charge on any atom is -0.489 e. The van der Waals surface area contributed by atoms with Gasteiger partial charge >= 0.3 is 5.97 Å². The van der Waals surface area contributed by atoms with Crippen LogP contribution in [0.15, 0.2) is 36.0 Å². The Kier molecular flexibility index (Phi) is 9.11. The lowest BCUT2D eigenvalue weighted by Crippen LogP contribution is -2.37. The highest BCUT2D eigenvalue weighted by atomic mass is 35.5. The molecule has 9 heteroatoms. The minimum atomic E-state index is -0.688. The maximum absolute atomic E-state index is 11.2. The van der Waals surface area contributed by atoms with Gasteiger partial charge in [-0.2, -0.15) is 0 Å². The van der Waals surface area contributed by atoms with Gasteiger partial charge in [-0.3, -0.25) is 15.1 Å². The molecule has 1 saturated heterocycles. The Morgan fingerprint density at radius 3 is 2.73 bits per heavy atom. The first-order valence-corrected chi connectivity index (χ1v) is 13.6. The molecule has 1 aromatic carbocycles. The second-order valence-corrected chi connectivity index (χ2v) is 10.7. The molecule has 198 valence electrons. The SMILES string of the molecule is CCC(C)Nc1ncc(COc2ccc3c(c2)CCC(CN2CCC(C(=O)O)CC2)=C3Cl)cc1C(=N)Cl. The van der Waals surface area contributed by atoms with Crippen molar-refractivity contribution in [2.45, 2.75) is 58.6 Å². The van der Waals surface area contributed by atoms with E-state index in [0.29, 0.717) is 30.8 Å². The Morgan fingerprint density at radius 1 is 1.30 bits per heavy atom. The van der Waals surface area contributed by atoms with Crippen molar-refractivity contribution in [2.75, 3.05) is 25.0 Å². The van der Waals surface area contributed by atoms with Crippen LogP contribution in [0.4, 0.5) is 5.82 Å². The zero-order valence-corrected chi connectivity index (χ0v) is 22.8. The third-order valence-corrected chi connectivity index (χ3v) is 7.93. The van der Waals surface area contributed by atoms with Crippen molar-refractivity contribution in [1.29, 1.82) is 5.41 Å². The van der Waals surface area contributed by atoms with Gasteiger partial charge in [-0.25, -0.2) is 4.98 Å². The molecular weight excluding hydrogens is 511 g/mol. The molecule has 2 aromatic rings. The molecular formula is C28H34Cl2N4O3. The summed E-state index contributed by atoms with van der Waals surface area (Å²) in [5.74, 6) is 0.449. The summed E-state index contributed by atoms with van der Waals surface area (Å²) in [6.07, 6.45) is 5.83. The molecule has 2 heterocycles. The van der Waals surface area contributed by atoms with Gasteiger partial charge in [0, 0.05) is 29.4 Å². The van der Waals surface area contributed by atoms with Gasteiger partial charge in [-0.1, -0.05) is 30.1 Å². The van der Waals surface area contributed by atoms with Crippen LogP contribution >= 0.6 is 23.2 Å². The van der Waals surface area contributed by atoms with E-state index in [1.165, 1.54) is 5.57 Å². The second kappa shape index (κ2) is 12.3. The molecule has 1 aromatic heterocycles. The lowest BCUT2D eigenvalue weighted by molar-refractivity contribution is -0.143. The summed E-state index contributed by atoms with van der Waals surface area (Å²) in [7, 11) is 0. The average molecular weight is 546 g/mol. The number of rotatable bonds is 10. The summed E-state index contributed by atoms with van der Waals surface area (Å²) in [6.45, 7) is 6.83. The molecule has 0 spiro atoms. The number of ether oxygens (including phenoxy) is 1. The smallest absolute Gasteiger partial charge is 0.306 e. The van der Waals surface area contributed by atoms with Crippen molar-refractivity contribution in [3.63, 3.8) is 0 Å². The Bertz CT molecular complexity index is 1190. The van der Waals surface area contributed by atoms with Crippen molar-refractivity contribution in [3.8, 4) is 5.75 Å². The standard InChI is InChI=1S/C28H34Cl2N4O3/c1-3-17(2)33-27-24(26(30)31)12-18(14-32-27)16-37-22-6-7-23-20(13-22)4-5-21(25(23)29)15-34-10-8-19(9-11-34)28(35)36/h6-7,12-14,17,19,31H,3-5,8-11,15-16H2,1-2H3,(H,32,33)(H,35,36). The molecule has 1 aliphatic carbocycles. The topological polar surface area (TPSA) is 98.5 Å². The minimum absolute atomic E-state index is 0.0579. The molecule has 1 aliphatic heterocycles. The molecule has 2 aliphatic rings. The third kappa shape index (κ3) is 6.83. The summed E-state index contributed by atoms with van der Waals surface area (Å²) in [6, 6.07) is 8.06. The van der Waals surface area contributed by atoms with Gasteiger partial charge in [0.15, 0.2) is 0 Å². The maximum atomic E-state index is 11.2. The Labute approximate surface area is 228 Å². The fourth-order valence-electron chi connectivity index (χ4n) is 4.79. The number of carbonyl (C=O) groups is 1. The second-order valence-electron chi connectivity index (χ2n) is 9.92. The van der Waals surface area contributed by atoms with Crippen molar-refractivity contribution in [2.24, 2.45) is 5.92 Å². The number of aromatic nitrogens is 1. The van der Waals surface area contributed by atoms with Gasteiger partial charge in [-0.05, 0) is 93.1 Å². The summed E-state index contributed by atoms with van der Waals surface area (Å²) >= 11 is 12.8. The number of hydrogen-bond acceptors (Lipinski definition) is 6. The Hall–Kier alpha value is -2.61. The predicted octanol–water partition coefficient (Wildman–Crippen LogP) is 6.13. The Morgan fingerprint density at radius 2 is 2.05 bits per heavy atom. The van der Waals surface area contributed by atoms with E-state index in [1.807, 2.05) is 24.3 Å². The fourth-order valence-corrected chi connectivity index (χ4v) is 5.28. The number of carboxylic acid groups (broad SMARTS) is 1. The number of piperidine rings is 1. The molecule has 0 saturated carbocycles. The molecule has 1 atom stereocenters. The lowest BCUT2D eigenvalue weighted by atomic mass is 9.90. The summed E-state index contributed by atoms with van der Waals surface area (Å²) in [5.41, 5.74) is 4.80. The molecule has 0 bridgehead atoms. The number of likely N-dealkylation sites (tertiary alicyclic amines) is 1. The molecule has 0 radical (unpaired) electrons. The number of aliphatic carboxylic acids is 1. The molecule has 7 nitrogen and oxygen atoms in total. The monoisotopic (exact) mass is 544 g/mol. The molecule has 3 N–H and O–H groups in total. The number of hydrogen-bond donors (Lipinski definition) is 3. The first-order valence-electron chi connectivity index (χ1n) is 12.8. The van der Waals surface area contributed by atoms with Gasteiger partial charge in [0.25, 0.3) is 0 Å². The van der Waals surface area contributed by atoms with E-state index in [4.69, 9.17) is 33.3 Å². The average Bonchev–Trinajstić information content (AvgIpc) is 2.89. The predicted molar refractivity (Wildman–Crippen MR) is 149 cm³/mol. The van der Waals surface area contributed by atoms with E-state index in [2.05, 4.69) is 29.0 Å². The van der Waals surface area contributed by atoms with E-state index in [-0.39, 0.29) is 17.1 Å². The molecule has 1 fully saturated rings. The first-order chi connectivity index (χ1) is 17.7. The van der Waals surface area contributed by atoms with Crippen LogP contribution in [0.3, 0.4) is 0 Å². The molecule has 0 amide bonds. The number of pyridine rings is 1.